The van der Waals surface area contributed by atoms with Gasteiger partial charge in [-0.1, -0.05) is 32.4 Å². The van der Waals surface area contributed by atoms with Crippen molar-refractivity contribution in [2.75, 3.05) is 13.1 Å². The van der Waals surface area contributed by atoms with Crippen LogP contribution in [0, 0.1) is 22.5 Å². The molecule has 4 rings (SSSR count). The molecule has 2 aromatic rings. The number of hydrogen-bond donors (Lipinski definition) is 1. The van der Waals surface area contributed by atoms with Crippen molar-refractivity contribution >= 4 is 22.2 Å². The van der Waals surface area contributed by atoms with E-state index in [0.29, 0.717) is 28.7 Å². The molecule has 2 aliphatic carbocycles. The summed E-state index contributed by atoms with van der Waals surface area (Å²) >= 11 is 5.57. The van der Waals surface area contributed by atoms with Crippen LogP contribution in [0.3, 0.4) is 0 Å². The highest BCUT2D eigenvalue weighted by atomic mass is 32.2. The van der Waals surface area contributed by atoms with Crippen LogP contribution in [0.25, 0.3) is 11.4 Å². The molecule has 0 unspecified atom stereocenters. The molecule has 2 fully saturated rings. The lowest BCUT2D eigenvalue weighted by Crippen LogP contribution is -2.30. The number of hydrogen-bond acceptors (Lipinski definition) is 4. The van der Waals surface area contributed by atoms with Crippen LogP contribution in [0.2, 0.25) is 0 Å². The summed E-state index contributed by atoms with van der Waals surface area (Å²) in [7, 11) is -3.52. The Bertz CT molecular complexity index is 1040. The van der Waals surface area contributed by atoms with Crippen molar-refractivity contribution in [2.45, 2.75) is 57.4 Å². The van der Waals surface area contributed by atoms with Crippen molar-refractivity contribution in [3.8, 4) is 11.4 Å². The zero-order valence-electron chi connectivity index (χ0n) is 17.3. The predicted octanol–water partition coefficient (Wildman–Crippen LogP) is 4.64. The lowest BCUT2D eigenvalue weighted by molar-refractivity contribution is 0.242. The van der Waals surface area contributed by atoms with Gasteiger partial charge in [-0.3, -0.25) is 9.67 Å². The quantitative estimate of drug-likeness (QED) is 0.645. The average molecular weight is 435 g/mol. The first-order valence-corrected chi connectivity index (χ1v) is 12.5. The molecule has 0 radical (unpaired) electrons. The molecule has 2 saturated carbocycles. The summed E-state index contributed by atoms with van der Waals surface area (Å²) in [6.45, 7) is 6.84. The number of sulfonamides is 1. The summed E-state index contributed by atoms with van der Waals surface area (Å²) in [6, 6.07) is 7.33. The largest absolute Gasteiger partial charge is 0.297 e. The molecule has 0 saturated heterocycles. The zero-order valence-corrected chi connectivity index (χ0v) is 19.0. The molecule has 29 heavy (non-hydrogen) atoms. The fourth-order valence-corrected chi connectivity index (χ4v) is 7.27. The Morgan fingerprint density at radius 3 is 2.66 bits per heavy atom. The summed E-state index contributed by atoms with van der Waals surface area (Å²) in [5.74, 6) is 2.97. The van der Waals surface area contributed by atoms with E-state index in [9.17, 15) is 8.42 Å². The van der Waals surface area contributed by atoms with Gasteiger partial charge in [0.2, 0.25) is 10.0 Å². The van der Waals surface area contributed by atoms with Gasteiger partial charge >= 0.3 is 0 Å². The molecule has 2 bridgehead atoms. The maximum atomic E-state index is 13.0. The highest BCUT2D eigenvalue weighted by molar-refractivity contribution is 7.89. The molecule has 158 valence electrons. The Morgan fingerprint density at radius 2 is 2.03 bits per heavy atom. The summed E-state index contributed by atoms with van der Waals surface area (Å²) in [5.41, 5.74) is 0.778. The fourth-order valence-electron chi connectivity index (χ4n) is 5.47. The van der Waals surface area contributed by atoms with Gasteiger partial charge in [0.25, 0.3) is 0 Å². The molecule has 0 spiro atoms. The van der Waals surface area contributed by atoms with Crippen molar-refractivity contribution in [1.29, 1.82) is 0 Å². The van der Waals surface area contributed by atoms with Gasteiger partial charge in [0, 0.05) is 24.7 Å². The van der Waals surface area contributed by atoms with E-state index in [2.05, 4.69) is 21.7 Å². The minimum absolute atomic E-state index is 0.245. The van der Waals surface area contributed by atoms with Crippen molar-refractivity contribution in [3.05, 3.63) is 29.0 Å². The molecule has 8 heteroatoms. The van der Waals surface area contributed by atoms with E-state index in [-0.39, 0.29) is 6.04 Å². The normalized spacial score (nSPS) is 25.0. The van der Waals surface area contributed by atoms with Crippen LogP contribution < -0.4 is 0 Å². The van der Waals surface area contributed by atoms with E-state index in [0.717, 1.165) is 23.2 Å². The molecule has 6 nitrogen and oxygen atoms in total. The second-order valence-electron chi connectivity index (χ2n) is 8.42. The Labute approximate surface area is 178 Å². The van der Waals surface area contributed by atoms with E-state index in [1.165, 1.54) is 30.0 Å². The molecule has 1 N–H and O–H groups in total. The Balaban J connectivity index is 1.71. The second-order valence-corrected chi connectivity index (χ2v) is 10.7. The molecule has 0 amide bonds. The van der Waals surface area contributed by atoms with Crippen LogP contribution in [-0.4, -0.2) is 40.6 Å². The third kappa shape index (κ3) is 3.59. The summed E-state index contributed by atoms with van der Waals surface area (Å²) in [5, 5.41) is 7.43. The molecular weight excluding hydrogens is 404 g/mol. The van der Waals surface area contributed by atoms with Crippen LogP contribution in [0.1, 0.15) is 52.5 Å². The molecule has 1 aromatic carbocycles. The third-order valence-corrected chi connectivity index (χ3v) is 9.29. The van der Waals surface area contributed by atoms with Gasteiger partial charge in [-0.15, -0.1) is 0 Å². The maximum absolute atomic E-state index is 13.0. The number of H-pyrrole nitrogens is 1. The van der Waals surface area contributed by atoms with Gasteiger partial charge in [0.15, 0.2) is 10.6 Å². The van der Waals surface area contributed by atoms with Gasteiger partial charge in [-0.25, -0.2) is 8.42 Å². The van der Waals surface area contributed by atoms with E-state index < -0.39 is 10.0 Å². The molecule has 0 aliphatic heterocycles. The van der Waals surface area contributed by atoms with Crippen LogP contribution in [0.4, 0.5) is 0 Å². The number of aromatic nitrogens is 3. The SMILES string of the molecule is CCN(CC)S(=O)(=O)c1cccc(-c2n[nH]c(=S)n2[C@@H](C)[C@H]2C[C@@H]3CC[C@H]2C3)c1. The minimum Gasteiger partial charge on any atom is -0.297 e. The second kappa shape index (κ2) is 7.96. The molecular formula is C21H30N4O2S2. The highest BCUT2D eigenvalue weighted by Gasteiger charge is 2.43. The Kier molecular flexibility index (Phi) is 5.70. The van der Waals surface area contributed by atoms with Gasteiger partial charge in [-0.2, -0.15) is 9.40 Å². The van der Waals surface area contributed by atoms with Crippen LogP contribution >= 0.6 is 12.2 Å². The molecule has 1 aromatic heterocycles. The fraction of sp³-hybridized carbons (Fsp3) is 0.619. The van der Waals surface area contributed by atoms with E-state index in [1.54, 1.807) is 18.2 Å². The van der Waals surface area contributed by atoms with Gasteiger partial charge in [0.1, 0.15) is 0 Å². The van der Waals surface area contributed by atoms with E-state index in [1.807, 2.05) is 19.9 Å². The predicted molar refractivity (Wildman–Crippen MR) is 117 cm³/mol. The van der Waals surface area contributed by atoms with Crippen LogP contribution in [0.5, 0.6) is 0 Å². The van der Waals surface area contributed by atoms with Crippen LogP contribution in [-0.2, 0) is 10.0 Å². The van der Waals surface area contributed by atoms with Gasteiger partial charge in [0.05, 0.1) is 4.90 Å². The number of benzene rings is 1. The minimum atomic E-state index is -3.52. The number of nitrogens with zero attached hydrogens (tertiary/aromatic N) is 3. The standard InChI is InChI=1S/C21H30N4O2S2/c1-4-24(5-2)29(26,27)18-8-6-7-17(13-18)20-22-23-21(28)25(20)14(3)19-12-15-9-10-16(19)11-15/h6-8,13-16,19H,4-5,9-12H2,1-3H3,(H,23,28)/t14-,15+,16-,19+/m0/s1. The lowest BCUT2D eigenvalue weighted by atomic mass is 9.84. The third-order valence-electron chi connectivity index (χ3n) is 6.96. The highest BCUT2D eigenvalue weighted by Crippen LogP contribution is 2.52. The van der Waals surface area contributed by atoms with Crippen molar-refractivity contribution in [2.24, 2.45) is 17.8 Å². The number of rotatable bonds is 7. The number of fused-ring (bicyclic) bond motifs is 2. The summed E-state index contributed by atoms with van der Waals surface area (Å²) in [6.07, 6.45) is 5.28. The maximum Gasteiger partial charge on any atom is 0.243 e. The first-order chi connectivity index (χ1) is 13.9. The smallest absolute Gasteiger partial charge is 0.243 e. The first-order valence-electron chi connectivity index (χ1n) is 10.6. The van der Waals surface area contributed by atoms with Gasteiger partial charge < -0.3 is 0 Å². The van der Waals surface area contributed by atoms with Crippen molar-refractivity contribution < 1.29 is 8.42 Å². The molecule has 1 heterocycles. The van der Waals surface area contributed by atoms with Gasteiger partial charge in [-0.05, 0) is 68.3 Å². The lowest BCUT2D eigenvalue weighted by Gasteiger charge is -2.29. The molecule has 4 atom stereocenters. The monoisotopic (exact) mass is 434 g/mol. The zero-order chi connectivity index (χ0) is 20.8. The van der Waals surface area contributed by atoms with Crippen molar-refractivity contribution in [3.63, 3.8) is 0 Å². The topological polar surface area (TPSA) is 71.0 Å². The van der Waals surface area contributed by atoms with Crippen LogP contribution in [0.15, 0.2) is 29.2 Å². The van der Waals surface area contributed by atoms with E-state index >= 15 is 0 Å². The first kappa shape index (κ1) is 20.8. The van der Waals surface area contributed by atoms with Crippen molar-refractivity contribution in [1.82, 2.24) is 19.1 Å². The summed E-state index contributed by atoms with van der Waals surface area (Å²) < 4.78 is 30.1. The molecule has 2 aliphatic rings. The Morgan fingerprint density at radius 1 is 1.28 bits per heavy atom. The number of aromatic amines is 1. The summed E-state index contributed by atoms with van der Waals surface area (Å²) in [4.78, 5) is 0.298. The van der Waals surface area contributed by atoms with E-state index in [4.69, 9.17) is 12.2 Å². The Hall–Kier alpha value is -1.51. The average Bonchev–Trinajstić information content (AvgIpc) is 3.44. The number of nitrogens with one attached hydrogen (secondary N) is 1.